The smallest absolute Gasteiger partial charge is 0.143 e. The Hall–Kier alpha value is -1.59. The summed E-state index contributed by atoms with van der Waals surface area (Å²) in [7, 11) is 0. The van der Waals surface area contributed by atoms with Crippen LogP contribution in [0.3, 0.4) is 0 Å². The van der Waals surface area contributed by atoms with Gasteiger partial charge in [-0.25, -0.2) is 0 Å². The van der Waals surface area contributed by atoms with Crippen molar-refractivity contribution < 1.29 is 9.90 Å². The summed E-state index contributed by atoms with van der Waals surface area (Å²) in [6.07, 6.45) is 0.602. The Morgan fingerprint density at radius 3 is 2.29 bits per heavy atom. The zero-order chi connectivity index (χ0) is 15.8. The van der Waals surface area contributed by atoms with Crippen LogP contribution in [0.4, 0.5) is 0 Å². The minimum Gasteiger partial charge on any atom is -0.392 e. The fourth-order valence-electron chi connectivity index (χ4n) is 3.59. The number of benzene rings is 1. The molecule has 1 fully saturated rings. The Kier molecular flexibility index (Phi) is 4.25. The summed E-state index contributed by atoms with van der Waals surface area (Å²) in [6.45, 7) is 9.91. The lowest BCUT2D eigenvalue weighted by Crippen LogP contribution is -2.39. The van der Waals surface area contributed by atoms with Crippen molar-refractivity contribution in [3.63, 3.8) is 0 Å². The third kappa shape index (κ3) is 3.19. The maximum atomic E-state index is 12.5. The molecular weight excluding hydrogens is 260 g/mol. The van der Waals surface area contributed by atoms with Crippen LogP contribution in [-0.4, -0.2) is 17.0 Å². The topological polar surface area (TPSA) is 37.3 Å². The van der Waals surface area contributed by atoms with Crippen LogP contribution < -0.4 is 0 Å². The first-order valence-electron chi connectivity index (χ1n) is 7.50. The van der Waals surface area contributed by atoms with E-state index in [9.17, 15) is 9.90 Å². The fraction of sp³-hybridized carbons (Fsp3) is 0.526. The van der Waals surface area contributed by atoms with Gasteiger partial charge < -0.3 is 5.11 Å². The second-order valence-electron chi connectivity index (χ2n) is 6.96. The van der Waals surface area contributed by atoms with Crippen LogP contribution in [0.1, 0.15) is 61.8 Å². The minimum absolute atomic E-state index is 0.109. The largest absolute Gasteiger partial charge is 0.392 e. The normalized spacial score (nSPS) is 24.4. The van der Waals surface area contributed by atoms with Crippen molar-refractivity contribution in [1.29, 1.82) is 0 Å². The molecule has 0 saturated heterocycles. The Morgan fingerprint density at radius 2 is 1.81 bits per heavy atom. The Bertz CT molecular complexity index is 606. The molecule has 1 saturated carbocycles. The number of aliphatic hydroxyl groups excluding tert-OH is 1. The molecule has 112 valence electrons. The van der Waals surface area contributed by atoms with Gasteiger partial charge in [0.25, 0.3) is 0 Å². The second kappa shape index (κ2) is 5.66. The van der Waals surface area contributed by atoms with E-state index >= 15 is 0 Å². The number of carbonyl (C=O) groups is 1. The van der Waals surface area contributed by atoms with Gasteiger partial charge in [0.1, 0.15) is 5.78 Å². The highest BCUT2D eigenvalue weighted by molar-refractivity contribution is 5.88. The highest BCUT2D eigenvalue weighted by atomic mass is 16.3. The number of aliphatic hydroxyl groups is 1. The molecule has 1 N–H and O–H groups in total. The summed E-state index contributed by atoms with van der Waals surface area (Å²) in [5.74, 6) is 5.72. The summed E-state index contributed by atoms with van der Waals surface area (Å²) in [4.78, 5) is 12.5. The van der Waals surface area contributed by atoms with Crippen LogP contribution >= 0.6 is 0 Å². The number of hydrogen-bond acceptors (Lipinski definition) is 2. The molecule has 0 radical (unpaired) electrons. The molecule has 0 spiro atoms. The average molecular weight is 284 g/mol. The molecular formula is C19H24O2. The molecule has 2 heteroatoms. The predicted molar refractivity (Wildman–Crippen MR) is 85.2 cm³/mol. The summed E-state index contributed by atoms with van der Waals surface area (Å²) in [5.41, 5.74) is 3.94. The molecule has 2 unspecified atom stereocenters. The van der Waals surface area contributed by atoms with E-state index < -0.39 is 6.10 Å². The van der Waals surface area contributed by atoms with Crippen molar-refractivity contribution in [3.8, 4) is 11.8 Å². The van der Waals surface area contributed by atoms with Crippen LogP contribution in [0.15, 0.2) is 12.1 Å². The standard InChI is InChI=1S/C19H24O2/c1-6-7-14-8-12(2)17(13(3)9-14)18-15(20)10-19(4,5)11-16(18)21/h8-9,15,18,20H,10-11H2,1-5H3. The van der Waals surface area contributed by atoms with Gasteiger partial charge in [-0.15, -0.1) is 5.92 Å². The first-order chi connectivity index (χ1) is 9.75. The van der Waals surface area contributed by atoms with Gasteiger partial charge in [-0.3, -0.25) is 4.79 Å². The van der Waals surface area contributed by atoms with Crippen molar-refractivity contribution in [2.24, 2.45) is 5.41 Å². The van der Waals surface area contributed by atoms with Gasteiger partial charge in [-0.05, 0) is 61.4 Å². The van der Waals surface area contributed by atoms with E-state index in [1.807, 2.05) is 46.8 Å². The number of Topliss-reactive ketones (excluding diaryl/α,β-unsaturated/α-hetero) is 1. The molecule has 0 heterocycles. The number of hydrogen-bond donors (Lipinski definition) is 1. The molecule has 1 aromatic rings. The Labute approximate surface area is 127 Å². The maximum absolute atomic E-state index is 12.5. The average Bonchev–Trinajstić information content (AvgIpc) is 2.30. The second-order valence-corrected chi connectivity index (χ2v) is 6.96. The van der Waals surface area contributed by atoms with E-state index in [1.54, 1.807) is 0 Å². The van der Waals surface area contributed by atoms with Crippen molar-refractivity contribution >= 4 is 5.78 Å². The Balaban J connectivity index is 2.46. The van der Waals surface area contributed by atoms with Gasteiger partial charge in [0.05, 0.1) is 12.0 Å². The molecule has 21 heavy (non-hydrogen) atoms. The predicted octanol–water partition coefficient (Wildman–Crippen LogP) is 3.51. The lowest BCUT2D eigenvalue weighted by molar-refractivity contribution is -0.129. The number of ketones is 1. The zero-order valence-corrected chi connectivity index (χ0v) is 13.6. The van der Waals surface area contributed by atoms with E-state index in [-0.39, 0.29) is 17.1 Å². The van der Waals surface area contributed by atoms with Gasteiger partial charge in [-0.1, -0.05) is 19.8 Å². The minimum atomic E-state index is -0.596. The first-order valence-corrected chi connectivity index (χ1v) is 7.50. The van der Waals surface area contributed by atoms with Gasteiger partial charge in [-0.2, -0.15) is 0 Å². The van der Waals surface area contributed by atoms with Gasteiger partial charge >= 0.3 is 0 Å². The Morgan fingerprint density at radius 1 is 1.24 bits per heavy atom. The molecule has 1 aliphatic carbocycles. The third-order valence-corrected chi connectivity index (χ3v) is 4.32. The van der Waals surface area contributed by atoms with Crippen LogP contribution in [0.5, 0.6) is 0 Å². The number of rotatable bonds is 1. The van der Waals surface area contributed by atoms with Gasteiger partial charge in [0.15, 0.2) is 0 Å². The molecule has 1 aromatic carbocycles. The lowest BCUT2D eigenvalue weighted by Gasteiger charge is -2.38. The van der Waals surface area contributed by atoms with E-state index in [0.29, 0.717) is 12.8 Å². The van der Waals surface area contributed by atoms with Crippen LogP contribution in [0.25, 0.3) is 0 Å². The van der Waals surface area contributed by atoms with Crippen LogP contribution in [0, 0.1) is 31.1 Å². The van der Waals surface area contributed by atoms with E-state index in [1.165, 1.54) is 0 Å². The zero-order valence-electron chi connectivity index (χ0n) is 13.6. The maximum Gasteiger partial charge on any atom is 0.143 e. The highest BCUT2D eigenvalue weighted by Crippen LogP contribution is 2.42. The van der Waals surface area contributed by atoms with Gasteiger partial charge in [0, 0.05) is 12.0 Å². The SMILES string of the molecule is CC#Cc1cc(C)c(C2C(=O)CC(C)(C)CC2O)c(C)c1. The summed E-state index contributed by atoms with van der Waals surface area (Å²) >= 11 is 0. The van der Waals surface area contributed by atoms with Crippen molar-refractivity contribution in [3.05, 3.63) is 34.4 Å². The highest BCUT2D eigenvalue weighted by Gasteiger charge is 2.41. The quantitative estimate of drug-likeness (QED) is 0.801. The molecule has 2 atom stereocenters. The molecule has 2 rings (SSSR count). The molecule has 0 aliphatic heterocycles. The molecule has 0 aromatic heterocycles. The van der Waals surface area contributed by atoms with Crippen LogP contribution in [0.2, 0.25) is 0 Å². The third-order valence-electron chi connectivity index (χ3n) is 4.32. The molecule has 0 amide bonds. The molecule has 0 bridgehead atoms. The lowest BCUT2D eigenvalue weighted by atomic mass is 9.67. The van der Waals surface area contributed by atoms with Crippen molar-refractivity contribution in [2.75, 3.05) is 0 Å². The summed E-state index contributed by atoms with van der Waals surface area (Å²) < 4.78 is 0. The van der Waals surface area contributed by atoms with E-state index in [2.05, 4.69) is 11.8 Å². The molecule has 1 aliphatic rings. The summed E-state index contributed by atoms with van der Waals surface area (Å²) in [6, 6.07) is 4.02. The van der Waals surface area contributed by atoms with Crippen molar-refractivity contribution in [1.82, 2.24) is 0 Å². The first kappa shape index (κ1) is 15.8. The number of carbonyl (C=O) groups excluding carboxylic acids is 1. The monoisotopic (exact) mass is 284 g/mol. The fourth-order valence-corrected chi connectivity index (χ4v) is 3.59. The summed E-state index contributed by atoms with van der Waals surface area (Å²) in [5, 5.41) is 10.5. The van der Waals surface area contributed by atoms with E-state index in [0.717, 1.165) is 22.3 Å². The molecule has 2 nitrogen and oxygen atoms in total. The van der Waals surface area contributed by atoms with Crippen molar-refractivity contribution in [2.45, 2.75) is 59.5 Å². The van der Waals surface area contributed by atoms with Crippen LogP contribution in [-0.2, 0) is 4.79 Å². The van der Waals surface area contributed by atoms with Gasteiger partial charge in [0.2, 0.25) is 0 Å². The van der Waals surface area contributed by atoms with E-state index in [4.69, 9.17) is 0 Å². The number of aryl methyl sites for hydroxylation is 2.